The van der Waals surface area contributed by atoms with Crippen molar-refractivity contribution in [3.63, 3.8) is 0 Å². The maximum Gasteiger partial charge on any atom is -1.00 e. The summed E-state index contributed by atoms with van der Waals surface area (Å²) in [6.45, 7) is 9.42. The second-order valence-corrected chi connectivity index (χ2v) is 17.9. The average Bonchev–Trinajstić information content (AvgIpc) is 2.63. The molecule has 0 radical (unpaired) electrons. The van der Waals surface area contributed by atoms with Gasteiger partial charge in [-0.2, -0.15) is 0 Å². The molecule has 0 atom stereocenters. The molecule has 0 aliphatic carbocycles. The molecular formula is C24H52AsCl. The van der Waals surface area contributed by atoms with Gasteiger partial charge in [0.25, 0.3) is 0 Å². The maximum atomic E-state index is 2.35. The minimum atomic E-state index is -1.40. The predicted octanol–water partition coefficient (Wildman–Crippen LogP) is 6.76. The Bertz CT molecular complexity index is 201. The molecule has 0 spiro atoms. The van der Waals surface area contributed by atoms with Gasteiger partial charge in [-0.05, 0) is 0 Å². The monoisotopic (exact) mass is 450 g/mol. The molecule has 0 heterocycles. The van der Waals surface area contributed by atoms with Crippen LogP contribution in [0.3, 0.4) is 0 Å². The Labute approximate surface area is 176 Å². The SMILES string of the molecule is CCCCCC[As+](CCCCCC)(CCCCCC)CCCCCC.[Cl-]. The Balaban J connectivity index is 0. The quantitative estimate of drug-likeness (QED) is 0.142. The van der Waals surface area contributed by atoms with E-state index in [9.17, 15) is 0 Å². The van der Waals surface area contributed by atoms with Crippen LogP contribution in [0.5, 0.6) is 0 Å². The molecule has 0 nitrogen and oxygen atoms in total. The molecule has 26 heavy (non-hydrogen) atoms. The molecule has 0 aromatic heterocycles. The molecule has 0 aromatic carbocycles. The van der Waals surface area contributed by atoms with Crippen LogP contribution < -0.4 is 12.4 Å². The van der Waals surface area contributed by atoms with Crippen LogP contribution in [-0.2, 0) is 0 Å². The van der Waals surface area contributed by atoms with Crippen molar-refractivity contribution < 1.29 is 12.4 Å². The standard InChI is InChI=1S/C24H52As.ClH/c1-5-9-13-17-21-25(22-18-14-10-6-2,23-19-15-11-7-3)24-20-16-12-8-4;/h5-24H2,1-4H3;1H/q+1;/p-1. The van der Waals surface area contributed by atoms with Crippen molar-refractivity contribution in [2.75, 3.05) is 0 Å². The number of rotatable bonds is 20. The maximum absolute atomic E-state index is 2.35. The van der Waals surface area contributed by atoms with Crippen LogP contribution >= 0.6 is 0 Å². The number of hydrogen-bond acceptors (Lipinski definition) is 0. The first-order valence-electron chi connectivity index (χ1n) is 12.1. The summed E-state index contributed by atoms with van der Waals surface area (Å²) in [4.78, 5) is 0. The number of halogens is 1. The summed E-state index contributed by atoms with van der Waals surface area (Å²) in [5, 5.41) is 6.79. The number of hydrogen-bond donors (Lipinski definition) is 0. The van der Waals surface area contributed by atoms with Crippen molar-refractivity contribution in [3.05, 3.63) is 0 Å². The van der Waals surface area contributed by atoms with Gasteiger partial charge in [-0.1, -0.05) is 0 Å². The fourth-order valence-electron chi connectivity index (χ4n) is 4.17. The van der Waals surface area contributed by atoms with E-state index in [0.717, 1.165) is 0 Å². The van der Waals surface area contributed by atoms with Gasteiger partial charge in [0, 0.05) is 0 Å². The van der Waals surface area contributed by atoms with E-state index in [1.165, 1.54) is 77.0 Å². The molecule has 0 bridgehead atoms. The molecule has 2 heteroatoms. The van der Waals surface area contributed by atoms with Crippen LogP contribution in [0.2, 0.25) is 20.8 Å². The van der Waals surface area contributed by atoms with Crippen LogP contribution in [0.4, 0.5) is 0 Å². The molecule has 0 rings (SSSR count). The van der Waals surface area contributed by atoms with Crippen LogP contribution in [0.25, 0.3) is 0 Å². The fourth-order valence-corrected chi connectivity index (χ4v) is 14.5. The largest absolute Gasteiger partial charge is 1.00 e. The van der Waals surface area contributed by atoms with Crippen LogP contribution in [0.1, 0.15) is 130 Å². The second kappa shape index (κ2) is 22.1. The van der Waals surface area contributed by atoms with Gasteiger partial charge in [-0.3, -0.25) is 0 Å². The van der Waals surface area contributed by atoms with Crippen molar-refractivity contribution in [1.29, 1.82) is 0 Å². The fraction of sp³-hybridized carbons (Fsp3) is 1.00. The molecule has 0 amide bonds. The molecule has 0 saturated heterocycles. The van der Waals surface area contributed by atoms with E-state index >= 15 is 0 Å². The minimum Gasteiger partial charge on any atom is -1.00 e. The van der Waals surface area contributed by atoms with Crippen molar-refractivity contribution >= 4 is 13.6 Å². The van der Waals surface area contributed by atoms with Crippen LogP contribution in [0.15, 0.2) is 0 Å². The normalized spacial score (nSPS) is 11.5. The zero-order valence-corrected chi connectivity index (χ0v) is 21.6. The van der Waals surface area contributed by atoms with Crippen molar-refractivity contribution in [2.45, 2.75) is 151 Å². The topological polar surface area (TPSA) is 0 Å². The minimum absolute atomic E-state index is 0. The first kappa shape index (κ1) is 29.1. The molecule has 0 saturated carbocycles. The summed E-state index contributed by atoms with van der Waals surface area (Å²) in [7, 11) is 0. The third kappa shape index (κ3) is 17.0. The van der Waals surface area contributed by atoms with E-state index in [4.69, 9.17) is 0 Å². The van der Waals surface area contributed by atoms with Gasteiger partial charge in [0.05, 0.1) is 0 Å². The first-order chi connectivity index (χ1) is 12.2. The summed E-state index contributed by atoms with van der Waals surface area (Å²) < 4.78 is 0. The third-order valence-corrected chi connectivity index (χ3v) is 16.6. The van der Waals surface area contributed by atoms with E-state index < -0.39 is 13.6 Å². The molecule has 0 aliphatic rings. The predicted molar refractivity (Wildman–Crippen MR) is 122 cm³/mol. The molecule has 0 aromatic rings. The summed E-state index contributed by atoms with van der Waals surface area (Å²) in [6, 6.07) is 0. The molecular weight excluding hydrogens is 399 g/mol. The Morgan fingerprint density at radius 1 is 0.346 bits per heavy atom. The second-order valence-electron chi connectivity index (χ2n) is 8.48. The molecule has 160 valence electrons. The zero-order chi connectivity index (χ0) is 18.6. The van der Waals surface area contributed by atoms with Crippen LogP contribution in [0, 0.1) is 0 Å². The summed E-state index contributed by atoms with van der Waals surface area (Å²) in [6.07, 6.45) is 23.8. The van der Waals surface area contributed by atoms with E-state index in [2.05, 4.69) is 27.7 Å². The van der Waals surface area contributed by atoms with Gasteiger partial charge >= 0.3 is 165 Å². The van der Waals surface area contributed by atoms with E-state index in [0.29, 0.717) is 0 Å². The van der Waals surface area contributed by atoms with Gasteiger partial charge in [0.1, 0.15) is 0 Å². The average molecular weight is 451 g/mol. The van der Waals surface area contributed by atoms with Crippen molar-refractivity contribution in [3.8, 4) is 0 Å². The Morgan fingerprint density at radius 3 is 0.769 bits per heavy atom. The molecule has 0 unspecified atom stereocenters. The van der Waals surface area contributed by atoms with E-state index in [-0.39, 0.29) is 12.4 Å². The van der Waals surface area contributed by atoms with E-state index in [1.807, 2.05) is 0 Å². The summed E-state index contributed by atoms with van der Waals surface area (Å²) in [5.41, 5.74) is 0. The van der Waals surface area contributed by atoms with Gasteiger partial charge in [-0.15, -0.1) is 0 Å². The molecule has 0 fully saturated rings. The third-order valence-electron chi connectivity index (χ3n) is 5.94. The molecule has 0 N–H and O–H groups in total. The van der Waals surface area contributed by atoms with Crippen molar-refractivity contribution in [2.24, 2.45) is 0 Å². The first-order valence-corrected chi connectivity index (χ1v) is 17.4. The summed E-state index contributed by atoms with van der Waals surface area (Å²) in [5.74, 6) is 0. The van der Waals surface area contributed by atoms with Crippen LogP contribution in [-0.4, -0.2) is 13.6 Å². The van der Waals surface area contributed by atoms with Crippen molar-refractivity contribution in [1.82, 2.24) is 0 Å². The van der Waals surface area contributed by atoms with Gasteiger partial charge < -0.3 is 12.4 Å². The molecule has 0 aliphatic heterocycles. The number of unbranched alkanes of at least 4 members (excludes halogenated alkanes) is 12. The van der Waals surface area contributed by atoms with Gasteiger partial charge in [0.15, 0.2) is 0 Å². The Hall–Kier alpha value is 0.848. The van der Waals surface area contributed by atoms with Gasteiger partial charge in [0.2, 0.25) is 0 Å². The Kier molecular flexibility index (Phi) is 24.7. The summed E-state index contributed by atoms with van der Waals surface area (Å²) >= 11 is -1.40. The zero-order valence-electron chi connectivity index (χ0n) is 19.0. The smallest absolute Gasteiger partial charge is 1.00 e. The van der Waals surface area contributed by atoms with Gasteiger partial charge in [-0.25, -0.2) is 0 Å². The van der Waals surface area contributed by atoms with E-state index in [1.54, 1.807) is 46.5 Å². The Morgan fingerprint density at radius 2 is 0.577 bits per heavy atom.